The summed E-state index contributed by atoms with van der Waals surface area (Å²) in [6.45, 7) is 3.89. The van der Waals surface area contributed by atoms with Crippen LogP contribution < -0.4 is 5.32 Å². The van der Waals surface area contributed by atoms with Crippen molar-refractivity contribution < 1.29 is 5.32 Å². The van der Waals surface area contributed by atoms with Crippen LogP contribution in [0.5, 0.6) is 0 Å². The van der Waals surface area contributed by atoms with Crippen LogP contribution in [0.3, 0.4) is 0 Å². The first-order valence-electron chi connectivity index (χ1n) is 4.66. The van der Waals surface area contributed by atoms with Crippen LogP contribution in [0.25, 0.3) is 0 Å². The first kappa shape index (κ1) is 10.5. The van der Waals surface area contributed by atoms with Crippen LogP contribution in [0.15, 0.2) is 10.7 Å². The minimum Gasteiger partial charge on any atom is -0.356 e. The molecule has 13 heavy (non-hydrogen) atoms. The summed E-state index contributed by atoms with van der Waals surface area (Å²) < 4.78 is 0. The van der Waals surface area contributed by atoms with Gasteiger partial charge in [-0.1, -0.05) is 11.6 Å². The maximum atomic E-state index is 7.84. The largest absolute Gasteiger partial charge is 0.356 e. The second kappa shape index (κ2) is 4.63. The zero-order chi connectivity index (χ0) is 9.84. The quantitative estimate of drug-likeness (QED) is 0.503. The molecular weight excluding hydrogens is 186 g/mol. The molecule has 74 valence electrons. The Morgan fingerprint density at radius 1 is 1.38 bits per heavy atom. The summed E-state index contributed by atoms with van der Waals surface area (Å²) in [7, 11) is 1.94. The average molecular weight is 203 g/mol. The van der Waals surface area contributed by atoms with E-state index in [1.165, 1.54) is 12.8 Å². The maximum absolute atomic E-state index is 7.84. The van der Waals surface area contributed by atoms with Crippen molar-refractivity contribution in [1.29, 1.82) is 5.41 Å². The molecule has 0 aromatic heterocycles. The first-order valence-corrected chi connectivity index (χ1v) is 5.04. The summed E-state index contributed by atoms with van der Waals surface area (Å²) in [4.78, 5) is 2.04. The van der Waals surface area contributed by atoms with Crippen molar-refractivity contribution in [3.63, 3.8) is 0 Å². The summed E-state index contributed by atoms with van der Waals surface area (Å²) in [6.07, 6.45) is 2.36. The van der Waals surface area contributed by atoms with E-state index >= 15 is 0 Å². The van der Waals surface area contributed by atoms with Gasteiger partial charge >= 0.3 is 0 Å². The Morgan fingerprint density at radius 3 is 2.38 bits per heavy atom. The highest BCUT2D eigenvalue weighted by molar-refractivity contribution is 6.42. The van der Waals surface area contributed by atoms with Crippen LogP contribution in [-0.2, 0) is 0 Å². The van der Waals surface area contributed by atoms with Crippen LogP contribution in [0.1, 0.15) is 19.8 Å². The van der Waals surface area contributed by atoms with Crippen LogP contribution in [0.2, 0.25) is 0 Å². The van der Waals surface area contributed by atoms with Crippen molar-refractivity contribution in [2.75, 3.05) is 20.1 Å². The van der Waals surface area contributed by atoms with Gasteiger partial charge in [0, 0.05) is 20.0 Å². The van der Waals surface area contributed by atoms with Crippen molar-refractivity contribution in [3.05, 3.63) is 10.7 Å². The average Bonchev–Trinajstić information content (AvgIpc) is 2.67. The van der Waals surface area contributed by atoms with Gasteiger partial charge in [0.2, 0.25) is 0 Å². The third kappa shape index (κ3) is 2.45. The molecule has 0 aromatic rings. The second-order valence-corrected chi connectivity index (χ2v) is 3.71. The number of nitrogens with two attached hydrogens (primary N) is 1. The van der Waals surface area contributed by atoms with Crippen molar-refractivity contribution in [1.82, 2.24) is 4.90 Å². The summed E-state index contributed by atoms with van der Waals surface area (Å²) in [5, 5.41) is 10.4. The molecule has 0 radical (unpaired) electrons. The molecule has 0 spiro atoms. The van der Waals surface area contributed by atoms with Crippen LogP contribution in [0, 0.1) is 5.41 Å². The molecule has 0 bridgehead atoms. The van der Waals surface area contributed by atoms with Gasteiger partial charge in [0.25, 0.3) is 0 Å². The smallest absolute Gasteiger partial charge is 0.145 e. The molecule has 1 saturated heterocycles. The van der Waals surface area contributed by atoms with Gasteiger partial charge in [-0.3, -0.25) is 5.41 Å². The van der Waals surface area contributed by atoms with E-state index in [1.807, 2.05) is 24.2 Å². The Labute approximate surface area is 84.3 Å². The lowest BCUT2D eigenvalue weighted by Gasteiger charge is -2.17. The Bertz CT molecular complexity index is 229. The number of nitrogens with zero attached hydrogens (tertiary/aromatic N) is 1. The minimum absolute atomic E-state index is 0.481. The summed E-state index contributed by atoms with van der Waals surface area (Å²) >= 11 is 6.04. The number of nitrogens with one attached hydrogen (secondary N) is 1. The van der Waals surface area contributed by atoms with Crippen molar-refractivity contribution in [2.24, 2.45) is 0 Å². The predicted molar refractivity (Wildman–Crippen MR) is 54.9 cm³/mol. The van der Waals surface area contributed by atoms with Gasteiger partial charge < -0.3 is 10.2 Å². The number of quaternary nitrogens is 1. The summed E-state index contributed by atoms with van der Waals surface area (Å²) in [5.74, 6) is 0.481. The number of allylic oxidation sites excluding steroid dienone is 1. The van der Waals surface area contributed by atoms with Crippen molar-refractivity contribution in [2.45, 2.75) is 19.8 Å². The number of rotatable bonds is 2. The van der Waals surface area contributed by atoms with Gasteiger partial charge in [-0.05, 0) is 12.8 Å². The van der Waals surface area contributed by atoms with Crippen LogP contribution >= 0.6 is 11.6 Å². The molecular formula is C9H17ClN3+. The van der Waals surface area contributed by atoms with Crippen molar-refractivity contribution in [3.8, 4) is 0 Å². The second-order valence-electron chi connectivity index (χ2n) is 3.33. The van der Waals surface area contributed by atoms with E-state index in [1.54, 1.807) is 0 Å². The predicted octanol–water partition coefficient (Wildman–Crippen LogP) is 0.723. The zero-order valence-corrected chi connectivity index (χ0v) is 8.99. The molecule has 1 fully saturated rings. The Morgan fingerprint density at radius 2 is 1.92 bits per heavy atom. The molecule has 0 aromatic carbocycles. The normalized spacial score (nSPS) is 18.8. The molecule has 1 rings (SSSR count). The lowest BCUT2D eigenvalue weighted by Crippen LogP contribution is -2.77. The SMILES string of the molecule is C[NH2+]C(C)=C(Cl)C(=N)N1CCCC1. The number of likely N-dealkylation sites (tertiary alicyclic amines) is 1. The van der Waals surface area contributed by atoms with E-state index < -0.39 is 0 Å². The molecule has 0 atom stereocenters. The van der Waals surface area contributed by atoms with Crippen molar-refractivity contribution >= 4 is 17.4 Å². The van der Waals surface area contributed by atoms with Gasteiger partial charge in [0.05, 0.1) is 7.05 Å². The first-order chi connectivity index (χ1) is 6.16. The summed E-state index contributed by atoms with van der Waals surface area (Å²) in [5.41, 5.74) is 0.985. The number of halogens is 1. The van der Waals surface area contributed by atoms with E-state index in [0.29, 0.717) is 10.9 Å². The van der Waals surface area contributed by atoms with E-state index in [4.69, 9.17) is 17.0 Å². The third-order valence-corrected chi connectivity index (χ3v) is 2.89. The third-order valence-electron chi connectivity index (χ3n) is 2.41. The van der Waals surface area contributed by atoms with Crippen LogP contribution in [0.4, 0.5) is 0 Å². The van der Waals surface area contributed by atoms with E-state index in [2.05, 4.69) is 0 Å². The maximum Gasteiger partial charge on any atom is 0.145 e. The molecule has 1 heterocycles. The molecule has 1 aliphatic rings. The molecule has 0 aliphatic carbocycles. The minimum atomic E-state index is 0.481. The Hall–Kier alpha value is -0.540. The van der Waals surface area contributed by atoms with E-state index in [-0.39, 0.29) is 0 Å². The molecule has 0 saturated carbocycles. The number of amidine groups is 1. The number of hydrogen-bond donors (Lipinski definition) is 2. The molecule has 4 heteroatoms. The molecule has 0 amide bonds. The highest BCUT2D eigenvalue weighted by atomic mass is 35.5. The molecule has 1 aliphatic heterocycles. The summed E-state index contributed by atoms with van der Waals surface area (Å²) in [6, 6.07) is 0. The standard InChI is InChI=1S/C9H16ClN3/c1-7(12-2)8(10)9(11)13-5-3-4-6-13/h11-12H,3-6H2,1-2H3/p+1. The molecule has 3 N–H and O–H groups in total. The fourth-order valence-electron chi connectivity index (χ4n) is 1.39. The highest BCUT2D eigenvalue weighted by Crippen LogP contribution is 2.15. The van der Waals surface area contributed by atoms with Gasteiger partial charge in [0.1, 0.15) is 16.6 Å². The van der Waals surface area contributed by atoms with Crippen LogP contribution in [-0.4, -0.2) is 30.9 Å². The monoisotopic (exact) mass is 202 g/mol. The molecule has 0 unspecified atom stereocenters. The fraction of sp³-hybridized carbons (Fsp3) is 0.667. The van der Waals surface area contributed by atoms with Gasteiger partial charge in [-0.15, -0.1) is 0 Å². The van der Waals surface area contributed by atoms with E-state index in [9.17, 15) is 0 Å². The van der Waals surface area contributed by atoms with Gasteiger partial charge in [0.15, 0.2) is 0 Å². The zero-order valence-electron chi connectivity index (χ0n) is 8.23. The van der Waals surface area contributed by atoms with Gasteiger partial charge in [-0.2, -0.15) is 0 Å². The lowest BCUT2D eigenvalue weighted by atomic mass is 10.3. The Balaban J connectivity index is 2.66. The topological polar surface area (TPSA) is 43.7 Å². The highest BCUT2D eigenvalue weighted by Gasteiger charge is 2.19. The van der Waals surface area contributed by atoms with E-state index in [0.717, 1.165) is 18.8 Å². The Kier molecular flexibility index (Phi) is 3.75. The fourth-order valence-corrected chi connectivity index (χ4v) is 1.62. The molecule has 3 nitrogen and oxygen atoms in total. The lowest BCUT2D eigenvalue weighted by molar-refractivity contribution is -0.576. The van der Waals surface area contributed by atoms with Gasteiger partial charge in [-0.25, -0.2) is 0 Å². The number of hydrogen-bond acceptors (Lipinski definition) is 1.